The van der Waals surface area contributed by atoms with Gasteiger partial charge in [-0.2, -0.15) is 0 Å². The van der Waals surface area contributed by atoms with Gasteiger partial charge in [0.05, 0.1) is 32.0 Å². The third-order valence-corrected chi connectivity index (χ3v) is 5.26. The van der Waals surface area contributed by atoms with Gasteiger partial charge in [0.25, 0.3) is 0 Å². The maximum atomic E-state index is 6.10. The maximum Gasteiger partial charge on any atom is 0.104 e. The Morgan fingerprint density at radius 2 is 1.34 bits per heavy atom. The van der Waals surface area contributed by atoms with Crippen molar-refractivity contribution in [2.75, 3.05) is 13.2 Å². The molecule has 0 radical (unpaired) electrons. The second kappa shape index (κ2) is 8.66. The van der Waals surface area contributed by atoms with Crippen LogP contribution in [0.25, 0.3) is 32.3 Å². The third kappa shape index (κ3) is 4.37. The summed E-state index contributed by atoms with van der Waals surface area (Å²) in [6, 6.07) is 19.8. The molecule has 4 aromatic rings. The van der Waals surface area contributed by atoms with Gasteiger partial charge in [-0.05, 0) is 65.6 Å². The largest absolute Gasteiger partial charge is 0.376 e. The van der Waals surface area contributed by atoms with Gasteiger partial charge in [-0.1, -0.05) is 54.6 Å². The minimum atomic E-state index is -0.0582. The quantitative estimate of drug-likeness (QED) is 0.313. The zero-order chi connectivity index (χ0) is 20.4. The van der Waals surface area contributed by atoms with Crippen molar-refractivity contribution in [2.45, 2.75) is 52.6 Å². The monoisotopic (exact) mass is 390 g/mol. The van der Waals surface area contributed by atoms with E-state index in [2.05, 4.69) is 54.6 Å². The molecule has 3 heteroatoms. The van der Waals surface area contributed by atoms with Gasteiger partial charge >= 0.3 is 0 Å². The van der Waals surface area contributed by atoms with Crippen LogP contribution < -0.4 is 0 Å². The molecule has 0 bridgehead atoms. The molecular weight excluding hydrogens is 360 g/mol. The molecule has 0 N–H and O–H groups in total. The van der Waals surface area contributed by atoms with Crippen molar-refractivity contribution in [3.63, 3.8) is 0 Å². The van der Waals surface area contributed by atoms with Crippen LogP contribution in [-0.4, -0.2) is 31.5 Å². The summed E-state index contributed by atoms with van der Waals surface area (Å²) in [7, 11) is 0. The Hall–Kier alpha value is -2.20. The van der Waals surface area contributed by atoms with Crippen LogP contribution in [0.15, 0.2) is 54.6 Å². The van der Waals surface area contributed by atoms with E-state index in [1.54, 1.807) is 0 Å². The zero-order valence-corrected chi connectivity index (χ0v) is 17.8. The Morgan fingerprint density at radius 3 is 2.03 bits per heavy atom. The van der Waals surface area contributed by atoms with Gasteiger partial charge in [0.1, 0.15) is 6.10 Å². The summed E-state index contributed by atoms with van der Waals surface area (Å²) in [4.78, 5) is 0. The predicted octanol–water partition coefficient (Wildman–Crippen LogP) is 6.32. The van der Waals surface area contributed by atoms with Gasteiger partial charge in [0.2, 0.25) is 0 Å². The molecule has 0 saturated carbocycles. The molecule has 0 aliphatic carbocycles. The molecule has 0 spiro atoms. The molecule has 0 saturated heterocycles. The van der Waals surface area contributed by atoms with E-state index >= 15 is 0 Å². The van der Waals surface area contributed by atoms with E-state index in [0.717, 1.165) is 0 Å². The lowest BCUT2D eigenvalue weighted by atomic mass is 9.92. The predicted molar refractivity (Wildman–Crippen MR) is 121 cm³/mol. The van der Waals surface area contributed by atoms with E-state index in [0.29, 0.717) is 19.8 Å². The van der Waals surface area contributed by atoms with Crippen LogP contribution >= 0.6 is 0 Å². The van der Waals surface area contributed by atoms with Gasteiger partial charge in [0.15, 0.2) is 0 Å². The molecule has 0 heterocycles. The van der Waals surface area contributed by atoms with Crippen molar-refractivity contribution < 1.29 is 14.2 Å². The summed E-state index contributed by atoms with van der Waals surface area (Å²) in [6.45, 7) is 9.80. The van der Waals surface area contributed by atoms with Gasteiger partial charge in [0, 0.05) is 0 Å². The average Bonchev–Trinajstić information content (AvgIpc) is 2.70. The van der Waals surface area contributed by atoms with Crippen molar-refractivity contribution in [1.29, 1.82) is 0 Å². The van der Waals surface area contributed by atoms with Gasteiger partial charge in [-0.3, -0.25) is 0 Å². The van der Waals surface area contributed by atoms with Crippen LogP contribution in [0.1, 0.15) is 33.3 Å². The van der Waals surface area contributed by atoms with Crippen LogP contribution in [-0.2, 0) is 20.8 Å². The summed E-state index contributed by atoms with van der Waals surface area (Å²) in [6.07, 6.45) is 0.275. The molecule has 0 amide bonds. The minimum absolute atomic E-state index is 0.0582. The molecular formula is C26H30O3. The number of benzene rings is 4. The Bertz CT molecular complexity index is 1070. The molecule has 1 unspecified atom stereocenters. The average molecular weight is 391 g/mol. The number of hydrogen-bond donors (Lipinski definition) is 0. The highest BCUT2D eigenvalue weighted by atomic mass is 16.6. The van der Waals surface area contributed by atoms with Crippen LogP contribution in [0, 0.1) is 0 Å². The second-order valence-electron chi connectivity index (χ2n) is 8.28. The number of ether oxygens (including phenoxy) is 3. The van der Waals surface area contributed by atoms with E-state index in [-0.39, 0.29) is 18.3 Å². The first kappa shape index (κ1) is 20.1. The topological polar surface area (TPSA) is 27.7 Å². The first-order valence-electron chi connectivity index (χ1n) is 10.5. The molecule has 4 rings (SSSR count). The van der Waals surface area contributed by atoms with Crippen LogP contribution in [0.2, 0.25) is 0 Å². The summed E-state index contributed by atoms with van der Waals surface area (Å²) < 4.78 is 17.8. The zero-order valence-electron chi connectivity index (χ0n) is 17.8. The lowest BCUT2D eigenvalue weighted by Crippen LogP contribution is -2.29. The van der Waals surface area contributed by atoms with E-state index in [9.17, 15) is 0 Å². The summed E-state index contributed by atoms with van der Waals surface area (Å²) in [5.41, 5.74) is 1.21. The van der Waals surface area contributed by atoms with E-state index in [1.165, 1.54) is 37.9 Å². The minimum Gasteiger partial charge on any atom is -0.376 e. The van der Waals surface area contributed by atoms with Crippen molar-refractivity contribution >= 4 is 32.3 Å². The fraction of sp³-hybridized carbons (Fsp3) is 0.385. The molecule has 3 nitrogen and oxygen atoms in total. The molecule has 29 heavy (non-hydrogen) atoms. The summed E-state index contributed by atoms with van der Waals surface area (Å²) >= 11 is 0. The van der Waals surface area contributed by atoms with Crippen molar-refractivity contribution in [2.24, 2.45) is 0 Å². The van der Waals surface area contributed by atoms with E-state index in [1.807, 2.05) is 27.7 Å². The second-order valence-corrected chi connectivity index (χ2v) is 8.28. The normalized spacial score (nSPS) is 13.4. The number of rotatable bonds is 9. The van der Waals surface area contributed by atoms with Gasteiger partial charge in [-0.15, -0.1) is 0 Å². The smallest absolute Gasteiger partial charge is 0.104 e. The highest BCUT2D eigenvalue weighted by molar-refractivity contribution is 6.23. The molecule has 0 aliphatic heterocycles. The van der Waals surface area contributed by atoms with Crippen LogP contribution in [0.4, 0.5) is 0 Å². The Balaban J connectivity index is 1.56. The molecule has 4 aromatic carbocycles. The summed E-state index contributed by atoms with van der Waals surface area (Å²) in [5, 5.41) is 7.80. The number of hydrogen-bond acceptors (Lipinski definition) is 3. The Morgan fingerprint density at radius 1 is 0.690 bits per heavy atom. The van der Waals surface area contributed by atoms with Crippen molar-refractivity contribution in [3.8, 4) is 0 Å². The lowest BCUT2D eigenvalue weighted by molar-refractivity contribution is -0.0933. The lowest BCUT2D eigenvalue weighted by Gasteiger charge is -2.22. The van der Waals surface area contributed by atoms with Crippen LogP contribution in [0.3, 0.4) is 0 Å². The van der Waals surface area contributed by atoms with Gasteiger partial charge < -0.3 is 14.2 Å². The first-order valence-corrected chi connectivity index (χ1v) is 10.5. The standard InChI is InChI=1S/C26H30O3/c1-17(2)28-16-23(29-18(3)4)15-27-14-22-11-10-21-9-8-19-6-5-7-20-12-13-24(22)26(21)25(19)20/h5-13,17-18,23H,14-16H2,1-4H3. The fourth-order valence-electron chi connectivity index (χ4n) is 4.03. The van der Waals surface area contributed by atoms with E-state index in [4.69, 9.17) is 14.2 Å². The molecule has 1 atom stereocenters. The maximum absolute atomic E-state index is 6.10. The highest BCUT2D eigenvalue weighted by Crippen LogP contribution is 2.36. The van der Waals surface area contributed by atoms with Gasteiger partial charge in [-0.25, -0.2) is 0 Å². The summed E-state index contributed by atoms with van der Waals surface area (Å²) in [5.74, 6) is 0. The Labute approximate surface area is 172 Å². The first-order chi connectivity index (χ1) is 14.0. The van der Waals surface area contributed by atoms with Crippen molar-refractivity contribution in [1.82, 2.24) is 0 Å². The highest BCUT2D eigenvalue weighted by Gasteiger charge is 2.15. The van der Waals surface area contributed by atoms with Crippen LogP contribution in [0.5, 0.6) is 0 Å². The van der Waals surface area contributed by atoms with E-state index < -0.39 is 0 Å². The van der Waals surface area contributed by atoms with Crippen molar-refractivity contribution in [3.05, 3.63) is 60.2 Å². The third-order valence-electron chi connectivity index (χ3n) is 5.26. The molecule has 0 fully saturated rings. The molecule has 0 aliphatic rings. The Kier molecular flexibility index (Phi) is 6.00. The molecule has 152 valence electrons. The fourth-order valence-corrected chi connectivity index (χ4v) is 4.03. The molecule has 0 aromatic heterocycles. The SMILES string of the molecule is CC(C)OCC(COCc1ccc2ccc3cccc4ccc1c2c34)OC(C)C.